The van der Waals surface area contributed by atoms with E-state index in [4.69, 9.17) is 18.9 Å². The van der Waals surface area contributed by atoms with Gasteiger partial charge in [0.05, 0.1) is 25.2 Å². The molecule has 0 amide bonds. The topological polar surface area (TPSA) is 112 Å². The van der Waals surface area contributed by atoms with E-state index in [1.54, 1.807) is 0 Å². The molecule has 9 atom stereocenters. The van der Waals surface area contributed by atoms with Crippen LogP contribution in [0.3, 0.4) is 0 Å². The smallest absolute Gasteiger partial charge is 0.311 e. The van der Waals surface area contributed by atoms with E-state index in [-0.39, 0.29) is 17.8 Å². The predicted octanol–water partition coefficient (Wildman–Crippen LogP) is 0.767. The highest BCUT2D eigenvalue weighted by Crippen LogP contribution is 2.58. The number of nitrogens with zero attached hydrogens (tertiary/aromatic N) is 1. The van der Waals surface area contributed by atoms with Crippen molar-refractivity contribution in [2.75, 3.05) is 32.8 Å². The first-order valence-corrected chi connectivity index (χ1v) is 11.7. The van der Waals surface area contributed by atoms with E-state index in [1.165, 1.54) is 13.8 Å². The Bertz CT molecular complexity index is 752. The number of hydrogen-bond donors (Lipinski definition) is 1. The Morgan fingerprint density at radius 2 is 1.81 bits per heavy atom. The van der Waals surface area contributed by atoms with Gasteiger partial charge in [0, 0.05) is 57.2 Å². The largest absolute Gasteiger partial charge is 0.462 e. The van der Waals surface area contributed by atoms with Gasteiger partial charge in [-0.25, -0.2) is 0 Å². The van der Waals surface area contributed by atoms with Crippen molar-refractivity contribution in [3.8, 4) is 0 Å². The van der Waals surface area contributed by atoms with Gasteiger partial charge in [-0.3, -0.25) is 19.3 Å². The Morgan fingerprint density at radius 3 is 2.44 bits per heavy atom. The van der Waals surface area contributed by atoms with Gasteiger partial charge in [0.25, 0.3) is 0 Å². The first-order valence-electron chi connectivity index (χ1n) is 11.7. The number of carbonyl (C=O) groups excluding carboxylic acids is 3. The second-order valence-electron chi connectivity index (χ2n) is 10.1. The van der Waals surface area contributed by atoms with Crippen molar-refractivity contribution in [3.63, 3.8) is 0 Å². The second kappa shape index (κ2) is 8.91. The maximum absolute atomic E-state index is 12.9. The molecule has 2 heterocycles. The van der Waals surface area contributed by atoms with Gasteiger partial charge < -0.3 is 24.1 Å². The predicted molar refractivity (Wildman–Crippen MR) is 111 cm³/mol. The lowest BCUT2D eigenvalue weighted by Gasteiger charge is -2.43. The fraction of sp³-hybridized carbons (Fsp3) is 0.870. The van der Waals surface area contributed by atoms with Crippen LogP contribution in [0.15, 0.2) is 0 Å². The third kappa shape index (κ3) is 4.03. The van der Waals surface area contributed by atoms with Gasteiger partial charge in [-0.2, -0.15) is 0 Å². The summed E-state index contributed by atoms with van der Waals surface area (Å²) in [6, 6.07) is 0. The van der Waals surface area contributed by atoms with E-state index in [0.29, 0.717) is 32.6 Å². The zero-order valence-corrected chi connectivity index (χ0v) is 19.3. The average Bonchev–Trinajstić information content (AvgIpc) is 3.12. The van der Waals surface area contributed by atoms with E-state index in [9.17, 15) is 19.5 Å². The van der Waals surface area contributed by atoms with Crippen LogP contribution in [0.5, 0.6) is 0 Å². The number of rotatable bonds is 4. The molecule has 9 nitrogen and oxygen atoms in total. The minimum absolute atomic E-state index is 0.00973. The van der Waals surface area contributed by atoms with Crippen molar-refractivity contribution in [2.24, 2.45) is 29.1 Å². The van der Waals surface area contributed by atoms with Gasteiger partial charge in [0.15, 0.2) is 0 Å². The fourth-order valence-electron chi connectivity index (χ4n) is 6.85. The maximum Gasteiger partial charge on any atom is 0.311 e. The highest BCUT2D eigenvalue weighted by molar-refractivity contribution is 5.76. The highest BCUT2D eigenvalue weighted by atomic mass is 16.6. The van der Waals surface area contributed by atoms with Crippen LogP contribution in [0.2, 0.25) is 0 Å². The van der Waals surface area contributed by atoms with Gasteiger partial charge in [0.1, 0.15) is 18.3 Å². The number of esters is 3. The van der Waals surface area contributed by atoms with Crippen LogP contribution >= 0.6 is 0 Å². The fourth-order valence-corrected chi connectivity index (χ4v) is 6.85. The molecule has 2 aliphatic heterocycles. The maximum atomic E-state index is 12.9. The molecule has 4 rings (SSSR count). The summed E-state index contributed by atoms with van der Waals surface area (Å²) in [5, 5.41) is 11.9. The molecule has 0 bridgehead atoms. The van der Waals surface area contributed by atoms with E-state index < -0.39 is 53.6 Å². The SMILES string of the molecule is CC(=O)OC1CC(OC(C)=O)C2(C)C(O)C3C(CC(C)C12)OC(=O)C3CN1CCOCC1. The quantitative estimate of drug-likeness (QED) is 0.487. The molecule has 2 saturated carbocycles. The van der Waals surface area contributed by atoms with Crippen molar-refractivity contribution < 1.29 is 38.4 Å². The molecule has 2 saturated heterocycles. The van der Waals surface area contributed by atoms with E-state index >= 15 is 0 Å². The van der Waals surface area contributed by atoms with E-state index in [0.717, 1.165) is 13.1 Å². The van der Waals surface area contributed by atoms with Gasteiger partial charge in [-0.15, -0.1) is 0 Å². The Kier molecular flexibility index (Phi) is 6.53. The summed E-state index contributed by atoms with van der Waals surface area (Å²) >= 11 is 0. The number of fused-ring (bicyclic) bond motifs is 2. The molecule has 32 heavy (non-hydrogen) atoms. The molecule has 180 valence electrons. The van der Waals surface area contributed by atoms with E-state index in [1.807, 2.05) is 13.8 Å². The third-order valence-electron chi connectivity index (χ3n) is 8.13. The minimum atomic E-state index is -0.954. The van der Waals surface area contributed by atoms with E-state index in [2.05, 4.69) is 4.90 Å². The third-order valence-corrected chi connectivity index (χ3v) is 8.13. The lowest BCUT2D eigenvalue weighted by molar-refractivity contribution is -0.165. The Morgan fingerprint density at radius 1 is 1.16 bits per heavy atom. The molecule has 4 fully saturated rings. The van der Waals surface area contributed by atoms with Gasteiger partial charge >= 0.3 is 17.9 Å². The molecule has 0 radical (unpaired) electrons. The minimum Gasteiger partial charge on any atom is -0.462 e. The Labute approximate surface area is 188 Å². The molecular weight excluding hydrogens is 418 g/mol. The van der Waals surface area contributed by atoms with Crippen molar-refractivity contribution >= 4 is 17.9 Å². The highest BCUT2D eigenvalue weighted by Gasteiger charge is 2.67. The summed E-state index contributed by atoms with van der Waals surface area (Å²) < 4.78 is 22.6. The van der Waals surface area contributed by atoms with Crippen LogP contribution in [0, 0.1) is 29.1 Å². The van der Waals surface area contributed by atoms with Crippen molar-refractivity contribution in [2.45, 2.75) is 65.0 Å². The van der Waals surface area contributed by atoms with Crippen LogP contribution in [-0.2, 0) is 33.3 Å². The van der Waals surface area contributed by atoms with Gasteiger partial charge in [0.2, 0.25) is 0 Å². The normalized spacial score (nSPS) is 44.2. The molecule has 9 heteroatoms. The van der Waals surface area contributed by atoms with Crippen molar-refractivity contribution in [1.82, 2.24) is 4.90 Å². The Balaban J connectivity index is 1.68. The molecule has 0 spiro atoms. The molecule has 2 aliphatic carbocycles. The van der Waals surface area contributed by atoms with Gasteiger partial charge in [-0.1, -0.05) is 13.8 Å². The molecule has 0 aromatic rings. The average molecular weight is 454 g/mol. The number of morpholine rings is 1. The molecule has 0 aromatic heterocycles. The molecule has 0 aromatic carbocycles. The summed E-state index contributed by atoms with van der Waals surface area (Å²) in [5.74, 6) is -2.24. The summed E-state index contributed by atoms with van der Waals surface area (Å²) in [4.78, 5) is 38.8. The van der Waals surface area contributed by atoms with Crippen LogP contribution in [-0.4, -0.2) is 85.2 Å². The summed E-state index contributed by atoms with van der Waals surface area (Å²) in [6.45, 7) is 9.86. The lowest BCUT2D eigenvalue weighted by Crippen LogP contribution is -2.53. The molecule has 4 aliphatic rings. The second-order valence-corrected chi connectivity index (χ2v) is 10.1. The molecule has 9 unspecified atom stereocenters. The zero-order chi connectivity index (χ0) is 23.2. The number of aliphatic hydroxyl groups excluding tert-OH is 1. The molecule has 1 N–H and O–H groups in total. The molecular formula is C23H35NO8. The standard InChI is InChI=1S/C23H35NO8/c1-12-9-16-19(15(22(28)32-16)11-24-5-7-29-8-6-24)21(27)23(4)18(31-14(3)26)10-17(20(12)23)30-13(2)25/h12,15-21,27H,5-11H2,1-4H3. The van der Waals surface area contributed by atoms with Crippen molar-refractivity contribution in [1.29, 1.82) is 0 Å². The van der Waals surface area contributed by atoms with Crippen LogP contribution < -0.4 is 0 Å². The van der Waals surface area contributed by atoms with Crippen LogP contribution in [0.25, 0.3) is 0 Å². The number of ether oxygens (including phenoxy) is 4. The first kappa shape index (κ1) is 23.4. The van der Waals surface area contributed by atoms with Crippen LogP contribution in [0.4, 0.5) is 0 Å². The summed E-state index contributed by atoms with van der Waals surface area (Å²) in [5.41, 5.74) is -0.873. The monoisotopic (exact) mass is 453 g/mol. The summed E-state index contributed by atoms with van der Waals surface area (Å²) in [7, 11) is 0. The Hall–Kier alpha value is -1.71. The number of aliphatic hydroxyl groups is 1. The summed E-state index contributed by atoms with van der Waals surface area (Å²) in [6.07, 6.45) is -1.56. The first-order chi connectivity index (χ1) is 15.1. The van der Waals surface area contributed by atoms with Crippen molar-refractivity contribution in [3.05, 3.63) is 0 Å². The lowest BCUT2D eigenvalue weighted by atomic mass is 9.66. The van der Waals surface area contributed by atoms with Gasteiger partial charge in [-0.05, 0) is 12.3 Å². The van der Waals surface area contributed by atoms with Crippen LogP contribution in [0.1, 0.15) is 40.5 Å². The zero-order valence-electron chi connectivity index (χ0n) is 19.3. The number of carbonyl (C=O) groups is 3. The number of hydrogen-bond acceptors (Lipinski definition) is 9.